The third-order valence-corrected chi connectivity index (χ3v) is 5.26. The third kappa shape index (κ3) is 2.81. The number of rotatable bonds is 5. The Hall–Kier alpha value is -2.02. The molecule has 4 N–H and O–H groups in total. The molecule has 7 heteroatoms. The van der Waals surface area contributed by atoms with E-state index >= 15 is 0 Å². The Morgan fingerprint density at radius 3 is 2.74 bits per heavy atom. The molecular weight excluding hydrogens is 294 g/mol. The molecule has 1 spiro atoms. The van der Waals surface area contributed by atoms with Crippen LogP contribution in [0.5, 0.6) is 0 Å². The molecule has 2 aliphatic rings. The molecule has 3 rings (SSSR count). The largest absolute Gasteiger partial charge is 0.370 e. The zero-order valence-corrected chi connectivity index (χ0v) is 13.6. The number of primary amides is 1. The van der Waals surface area contributed by atoms with Gasteiger partial charge < -0.3 is 16.1 Å². The number of hydrogen-bond acceptors (Lipinski definition) is 5. The van der Waals surface area contributed by atoms with E-state index in [0.717, 1.165) is 32.1 Å². The van der Waals surface area contributed by atoms with Crippen molar-refractivity contribution in [1.29, 1.82) is 5.41 Å². The molecule has 1 aromatic heterocycles. The van der Waals surface area contributed by atoms with Crippen LogP contribution in [0, 0.1) is 23.7 Å². The van der Waals surface area contributed by atoms with Crippen LogP contribution in [-0.2, 0) is 4.79 Å². The second-order valence-electron chi connectivity index (χ2n) is 7.12. The molecule has 2 heterocycles. The van der Waals surface area contributed by atoms with Crippen LogP contribution in [0.3, 0.4) is 0 Å². The number of aromatic nitrogens is 2. The van der Waals surface area contributed by atoms with E-state index in [4.69, 9.17) is 11.1 Å². The average Bonchev–Trinajstić information content (AvgIpc) is 2.38. The van der Waals surface area contributed by atoms with E-state index in [1.165, 1.54) is 0 Å². The van der Waals surface area contributed by atoms with Crippen LogP contribution >= 0.6 is 0 Å². The minimum Gasteiger partial charge on any atom is -0.370 e. The number of nitrogens with two attached hydrogens (primary N) is 1. The molecular formula is C16H23N5O2. The summed E-state index contributed by atoms with van der Waals surface area (Å²) in [5.41, 5.74) is 6.23. The van der Waals surface area contributed by atoms with Crippen molar-refractivity contribution in [1.82, 2.24) is 14.9 Å². The average molecular weight is 317 g/mol. The number of amides is 1. The molecule has 2 fully saturated rings. The van der Waals surface area contributed by atoms with Crippen molar-refractivity contribution >= 4 is 12.1 Å². The monoisotopic (exact) mass is 317 g/mol. The van der Waals surface area contributed by atoms with E-state index < -0.39 is 0 Å². The van der Waals surface area contributed by atoms with Crippen LogP contribution in [0.25, 0.3) is 0 Å². The number of carbonyl (C=O) groups excluding carboxylic acids is 1. The van der Waals surface area contributed by atoms with Crippen LogP contribution < -0.4 is 11.3 Å². The topological polar surface area (TPSA) is 116 Å². The maximum absolute atomic E-state index is 12.0. The summed E-state index contributed by atoms with van der Waals surface area (Å²) in [6.07, 6.45) is 3.67. The number of nitrogens with one attached hydrogen (secondary N) is 2. The van der Waals surface area contributed by atoms with E-state index in [1.54, 1.807) is 6.92 Å². The molecule has 1 atom stereocenters. The van der Waals surface area contributed by atoms with Crippen molar-refractivity contribution < 1.29 is 4.79 Å². The number of carbonyl (C=O) groups is 1. The lowest BCUT2D eigenvalue weighted by atomic mass is 9.56. The van der Waals surface area contributed by atoms with Crippen LogP contribution in [0.15, 0.2) is 4.79 Å². The molecule has 1 aliphatic heterocycles. The molecule has 1 amide bonds. The predicted molar refractivity (Wildman–Crippen MR) is 86.4 cm³/mol. The Labute approximate surface area is 134 Å². The molecule has 0 bridgehead atoms. The highest BCUT2D eigenvalue weighted by Gasteiger charge is 2.53. The van der Waals surface area contributed by atoms with E-state index in [1.807, 2.05) is 6.92 Å². The van der Waals surface area contributed by atoms with Gasteiger partial charge in [-0.15, -0.1) is 0 Å². The molecule has 0 aromatic carbocycles. The lowest BCUT2D eigenvalue weighted by molar-refractivity contribution is -0.131. The summed E-state index contributed by atoms with van der Waals surface area (Å²) in [4.78, 5) is 32.4. The fraction of sp³-hybridized carbons (Fsp3) is 0.625. The summed E-state index contributed by atoms with van der Waals surface area (Å²) in [6.45, 7) is 5.73. The summed E-state index contributed by atoms with van der Waals surface area (Å²) >= 11 is 0. The van der Waals surface area contributed by atoms with Crippen molar-refractivity contribution in [3.63, 3.8) is 0 Å². The summed E-state index contributed by atoms with van der Waals surface area (Å²) in [5.74, 6) is 0.885. The summed E-state index contributed by atoms with van der Waals surface area (Å²) < 4.78 is 0. The molecule has 1 unspecified atom stereocenters. The first-order valence-corrected chi connectivity index (χ1v) is 7.97. The number of likely N-dealkylation sites (tertiary alicyclic amines) is 1. The fourth-order valence-corrected chi connectivity index (χ4v) is 4.10. The number of aryl methyl sites for hydroxylation is 1. The number of hydrogen-bond donors (Lipinski definition) is 3. The minimum absolute atomic E-state index is 0.0435. The number of aromatic amines is 1. The molecule has 23 heavy (non-hydrogen) atoms. The van der Waals surface area contributed by atoms with Crippen molar-refractivity contribution in [2.24, 2.45) is 17.1 Å². The van der Waals surface area contributed by atoms with E-state index in [-0.39, 0.29) is 17.5 Å². The third-order valence-electron chi connectivity index (χ3n) is 5.26. The maximum atomic E-state index is 12.0. The van der Waals surface area contributed by atoms with Gasteiger partial charge in [-0.25, -0.2) is 4.98 Å². The summed E-state index contributed by atoms with van der Waals surface area (Å²) in [7, 11) is 0. The van der Waals surface area contributed by atoms with Gasteiger partial charge in [0.25, 0.3) is 5.56 Å². The molecule has 124 valence electrons. The number of H-pyrrole nitrogens is 1. The Balaban J connectivity index is 1.62. The molecule has 1 aromatic rings. The molecule has 0 radical (unpaired) electrons. The normalized spacial score (nSPS) is 21.5. The van der Waals surface area contributed by atoms with Gasteiger partial charge in [0.1, 0.15) is 5.82 Å². The second kappa shape index (κ2) is 5.56. The van der Waals surface area contributed by atoms with Crippen molar-refractivity contribution in [2.45, 2.75) is 39.2 Å². The van der Waals surface area contributed by atoms with Crippen molar-refractivity contribution in [3.05, 3.63) is 27.4 Å². The van der Waals surface area contributed by atoms with Gasteiger partial charge in [0.05, 0.1) is 17.3 Å². The highest BCUT2D eigenvalue weighted by Crippen LogP contribution is 2.54. The van der Waals surface area contributed by atoms with Gasteiger partial charge in [0, 0.05) is 25.7 Å². The minimum atomic E-state index is -0.255. The van der Waals surface area contributed by atoms with E-state index in [2.05, 4.69) is 14.9 Å². The first-order valence-electron chi connectivity index (χ1n) is 7.97. The fourth-order valence-electron chi connectivity index (χ4n) is 4.10. The Morgan fingerprint density at radius 1 is 1.57 bits per heavy atom. The molecule has 1 aliphatic carbocycles. The van der Waals surface area contributed by atoms with Crippen molar-refractivity contribution in [2.75, 3.05) is 13.1 Å². The van der Waals surface area contributed by atoms with Gasteiger partial charge in [-0.05, 0) is 38.0 Å². The quantitative estimate of drug-likeness (QED) is 0.694. The van der Waals surface area contributed by atoms with Crippen LogP contribution in [0.2, 0.25) is 0 Å². The van der Waals surface area contributed by atoms with Crippen LogP contribution in [-0.4, -0.2) is 40.1 Å². The molecule has 7 nitrogen and oxygen atoms in total. The van der Waals surface area contributed by atoms with Crippen LogP contribution in [0.4, 0.5) is 0 Å². The first kappa shape index (κ1) is 15.9. The smallest absolute Gasteiger partial charge is 0.259 e. The molecule has 1 saturated carbocycles. The van der Waals surface area contributed by atoms with Gasteiger partial charge >= 0.3 is 0 Å². The lowest BCUT2D eigenvalue weighted by Gasteiger charge is -2.60. The first-order chi connectivity index (χ1) is 10.8. The summed E-state index contributed by atoms with van der Waals surface area (Å²) in [5, 5.41) is 7.26. The predicted octanol–water partition coefficient (Wildman–Crippen LogP) is 0.724. The second-order valence-corrected chi connectivity index (χ2v) is 7.12. The van der Waals surface area contributed by atoms with E-state index in [0.29, 0.717) is 34.8 Å². The van der Waals surface area contributed by atoms with Crippen molar-refractivity contribution in [3.8, 4) is 0 Å². The van der Waals surface area contributed by atoms with Gasteiger partial charge in [-0.3, -0.25) is 14.5 Å². The van der Waals surface area contributed by atoms with E-state index in [9.17, 15) is 9.59 Å². The molecule has 1 saturated heterocycles. The lowest BCUT2D eigenvalue weighted by Crippen LogP contribution is -2.62. The Bertz CT molecular complexity index is 697. The van der Waals surface area contributed by atoms with Gasteiger partial charge in [0.15, 0.2) is 0 Å². The Morgan fingerprint density at radius 2 is 2.22 bits per heavy atom. The van der Waals surface area contributed by atoms with Gasteiger partial charge in [-0.1, -0.05) is 0 Å². The highest BCUT2D eigenvalue weighted by molar-refractivity contribution is 5.77. The van der Waals surface area contributed by atoms with Gasteiger partial charge in [-0.2, -0.15) is 0 Å². The standard InChI is InChI=1S/C16H23N5O2/c1-9-12(6-17)15(23)20-14(19-9)10(2)21-7-16(8-21)4-11(5-16)3-13(18)22/h6,10-11,17H,3-5,7-8H2,1-2H3,(H2,18,22)(H,19,20,23). The van der Waals surface area contributed by atoms with Gasteiger partial charge in [0.2, 0.25) is 5.91 Å². The maximum Gasteiger partial charge on any atom is 0.259 e. The zero-order valence-electron chi connectivity index (χ0n) is 13.6. The zero-order chi connectivity index (χ0) is 16.8. The summed E-state index contributed by atoms with van der Waals surface area (Å²) in [6, 6.07) is 0.0435. The van der Waals surface area contributed by atoms with Crippen LogP contribution in [0.1, 0.15) is 49.3 Å². The highest BCUT2D eigenvalue weighted by atomic mass is 16.1. The Kier molecular flexibility index (Phi) is 3.83. The number of nitrogens with zero attached hydrogens (tertiary/aromatic N) is 2. The SMILES string of the molecule is Cc1nc(C(C)N2CC3(CC(CC(N)=O)C3)C2)[nH]c(=O)c1C=N.